The van der Waals surface area contributed by atoms with Gasteiger partial charge in [0.1, 0.15) is 6.54 Å². The number of halogens is 3. The highest BCUT2D eigenvalue weighted by molar-refractivity contribution is 5.81. The molecule has 112 valence electrons. The summed E-state index contributed by atoms with van der Waals surface area (Å²) in [6.07, 6.45) is -1.24. The molecule has 0 spiro atoms. The summed E-state index contributed by atoms with van der Waals surface area (Å²) in [6.45, 7) is 1.58. The minimum atomic E-state index is -4.37. The summed E-state index contributed by atoms with van der Waals surface area (Å²) in [5.41, 5.74) is 0. The molecular weight excluding hydrogens is 261 g/mol. The fourth-order valence-corrected chi connectivity index (χ4v) is 1.97. The van der Waals surface area contributed by atoms with E-state index in [0.29, 0.717) is 13.2 Å². The predicted molar refractivity (Wildman–Crippen MR) is 64.7 cm³/mol. The van der Waals surface area contributed by atoms with E-state index in [2.05, 4.69) is 0 Å². The van der Waals surface area contributed by atoms with Crippen molar-refractivity contribution in [1.29, 1.82) is 0 Å². The zero-order chi connectivity index (χ0) is 14.5. The lowest BCUT2D eigenvalue weighted by molar-refractivity contribution is -0.141. The molecular formula is C12H21F3N2O2. The molecule has 2 atom stereocenters. The number of nitrogens with zero attached hydrogens (tertiary/aromatic N) is 1. The average Bonchev–Trinajstić information content (AvgIpc) is 2.35. The molecule has 0 aromatic rings. The zero-order valence-electron chi connectivity index (χ0n) is 11.3. The van der Waals surface area contributed by atoms with E-state index in [-0.39, 0.29) is 6.10 Å². The largest absolute Gasteiger partial charge is 0.405 e. The second kappa shape index (κ2) is 7.09. The number of carbonyl (C=O) groups excluding carboxylic acids is 1. The molecule has 0 radical (unpaired) electrons. The number of likely N-dealkylation sites (N-methyl/N-ethyl adjacent to an activating group) is 1. The summed E-state index contributed by atoms with van der Waals surface area (Å²) >= 11 is 0. The molecule has 1 saturated heterocycles. The van der Waals surface area contributed by atoms with Crippen molar-refractivity contribution in [2.24, 2.45) is 0 Å². The molecule has 1 heterocycles. The summed E-state index contributed by atoms with van der Waals surface area (Å²) in [7, 11) is 1.72. The third-order valence-corrected chi connectivity index (χ3v) is 3.27. The normalized spacial score (nSPS) is 22.3. The minimum Gasteiger partial charge on any atom is -0.377 e. The monoisotopic (exact) mass is 282 g/mol. The summed E-state index contributed by atoms with van der Waals surface area (Å²) < 4.78 is 41.6. The van der Waals surface area contributed by atoms with Gasteiger partial charge in [0.25, 0.3) is 0 Å². The Labute approximate surface area is 111 Å². The van der Waals surface area contributed by atoms with Crippen LogP contribution in [0.1, 0.15) is 26.2 Å². The van der Waals surface area contributed by atoms with Crippen LogP contribution in [0.3, 0.4) is 0 Å². The Kier molecular flexibility index (Phi) is 6.06. The molecule has 0 saturated carbocycles. The van der Waals surface area contributed by atoms with Crippen LogP contribution < -0.4 is 5.32 Å². The Morgan fingerprint density at radius 1 is 1.47 bits per heavy atom. The van der Waals surface area contributed by atoms with Crippen molar-refractivity contribution in [2.75, 3.05) is 26.7 Å². The maximum Gasteiger partial charge on any atom is 0.405 e. The molecule has 2 unspecified atom stereocenters. The van der Waals surface area contributed by atoms with Crippen molar-refractivity contribution in [3.05, 3.63) is 0 Å². The van der Waals surface area contributed by atoms with Crippen molar-refractivity contribution >= 4 is 5.91 Å². The van der Waals surface area contributed by atoms with Crippen molar-refractivity contribution < 1.29 is 22.7 Å². The van der Waals surface area contributed by atoms with E-state index >= 15 is 0 Å². The number of rotatable bonds is 5. The third-order valence-electron chi connectivity index (χ3n) is 3.27. The number of nitrogens with one attached hydrogen (secondary N) is 1. The van der Waals surface area contributed by atoms with Crippen molar-refractivity contribution in [2.45, 2.75) is 44.5 Å². The molecule has 0 aliphatic carbocycles. The number of carbonyl (C=O) groups is 1. The molecule has 0 aromatic heterocycles. The fourth-order valence-electron chi connectivity index (χ4n) is 1.97. The van der Waals surface area contributed by atoms with E-state index in [0.717, 1.165) is 19.3 Å². The van der Waals surface area contributed by atoms with Crippen LogP contribution >= 0.6 is 0 Å². The Morgan fingerprint density at radius 2 is 2.16 bits per heavy atom. The van der Waals surface area contributed by atoms with Crippen LogP contribution in [-0.2, 0) is 9.53 Å². The van der Waals surface area contributed by atoms with Crippen molar-refractivity contribution in [3.8, 4) is 0 Å². The standard InChI is InChI=1S/C12H21F3N2O2/c1-9(11(18)16-8-12(13,14)15)17(2)7-10-5-3-4-6-19-10/h9-10H,3-8H2,1-2H3,(H,16,18). The highest BCUT2D eigenvalue weighted by Gasteiger charge is 2.30. The van der Waals surface area contributed by atoms with E-state index in [9.17, 15) is 18.0 Å². The highest BCUT2D eigenvalue weighted by atomic mass is 19.4. The lowest BCUT2D eigenvalue weighted by atomic mass is 10.1. The smallest absolute Gasteiger partial charge is 0.377 e. The van der Waals surface area contributed by atoms with Gasteiger partial charge in [-0.1, -0.05) is 0 Å². The van der Waals surface area contributed by atoms with Gasteiger partial charge in [-0.25, -0.2) is 0 Å². The van der Waals surface area contributed by atoms with Crippen LogP contribution in [0.15, 0.2) is 0 Å². The van der Waals surface area contributed by atoms with Crippen molar-refractivity contribution in [3.63, 3.8) is 0 Å². The summed E-state index contributed by atoms with van der Waals surface area (Å²) in [5.74, 6) is -0.615. The number of alkyl halides is 3. The molecule has 1 aliphatic heterocycles. The second-order valence-electron chi connectivity index (χ2n) is 4.94. The Hall–Kier alpha value is -0.820. The molecule has 4 nitrogen and oxygen atoms in total. The van der Waals surface area contributed by atoms with Crippen LogP contribution in [0.2, 0.25) is 0 Å². The summed E-state index contributed by atoms with van der Waals surface area (Å²) in [5, 5.41) is 1.89. The predicted octanol–water partition coefficient (Wildman–Crippen LogP) is 1.55. The maximum absolute atomic E-state index is 12.0. The molecule has 7 heteroatoms. The van der Waals surface area contributed by atoms with Gasteiger partial charge in [-0.2, -0.15) is 13.2 Å². The SMILES string of the molecule is CC(C(=O)NCC(F)(F)F)N(C)CC1CCCCO1. The van der Waals surface area contributed by atoms with Gasteiger partial charge in [0.2, 0.25) is 5.91 Å². The van der Waals surface area contributed by atoms with E-state index < -0.39 is 24.7 Å². The molecule has 19 heavy (non-hydrogen) atoms. The van der Waals surface area contributed by atoms with Gasteiger partial charge in [-0.3, -0.25) is 9.69 Å². The lowest BCUT2D eigenvalue weighted by Crippen LogP contribution is -2.48. The van der Waals surface area contributed by atoms with Crippen LogP contribution in [0.25, 0.3) is 0 Å². The number of amides is 1. The topological polar surface area (TPSA) is 41.6 Å². The van der Waals surface area contributed by atoms with Gasteiger partial charge < -0.3 is 10.1 Å². The van der Waals surface area contributed by atoms with Gasteiger partial charge in [0, 0.05) is 13.2 Å². The van der Waals surface area contributed by atoms with Gasteiger partial charge in [-0.05, 0) is 33.2 Å². The minimum absolute atomic E-state index is 0.0663. The molecule has 1 rings (SSSR count). The quantitative estimate of drug-likeness (QED) is 0.832. The maximum atomic E-state index is 12.0. The number of hydrogen-bond acceptors (Lipinski definition) is 3. The Bertz CT molecular complexity index is 291. The van der Waals surface area contributed by atoms with Gasteiger partial charge in [0.05, 0.1) is 12.1 Å². The summed E-state index contributed by atoms with van der Waals surface area (Å²) in [4.78, 5) is 13.3. The highest BCUT2D eigenvalue weighted by Crippen LogP contribution is 2.15. The van der Waals surface area contributed by atoms with Gasteiger partial charge in [0.15, 0.2) is 0 Å². The first-order chi connectivity index (χ1) is 8.79. The Balaban J connectivity index is 2.33. The Morgan fingerprint density at radius 3 is 2.68 bits per heavy atom. The zero-order valence-corrected chi connectivity index (χ0v) is 11.3. The first kappa shape index (κ1) is 16.2. The van der Waals surface area contributed by atoms with Gasteiger partial charge >= 0.3 is 6.18 Å². The summed E-state index contributed by atoms with van der Waals surface area (Å²) in [6, 6.07) is -0.604. The van der Waals surface area contributed by atoms with Crippen LogP contribution in [0.5, 0.6) is 0 Å². The number of ether oxygens (including phenoxy) is 1. The molecule has 1 fully saturated rings. The average molecular weight is 282 g/mol. The third kappa shape index (κ3) is 6.24. The molecule has 0 aromatic carbocycles. The van der Waals surface area contributed by atoms with Crippen LogP contribution in [-0.4, -0.2) is 55.9 Å². The van der Waals surface area contributed by atoms with Gasteiger partial charge in [-0.15, -0.1) is 0 Å². The van der Waals surface area contributed by atoms with E-state index in [4.69, 9.17) is 4.74 Å². The first-order valence-electron chi connectivity index (χ1n) is 6.46. The fraction of sp³-hybridized carbons (Fsp3) is 0.917. The molecule has 1 N–H and O–H groups in total. The van der Waals surface area contributed by atoms with E-state index in [1.165, 1.54) is 0 Å². The molecule has 1 amide bonds. The van der Waals surface area contributed by atoms with E-state index in [1.807, 2.05) is 5.32 Å². The molecule has 0 bridgehead atoms. The van der Waals surface area contributed by atoms with Crippen molar-refractivity contribution in [1.82, 2.24) is 10.2 Å². The van der Waals surface area contributed by atoms with Crippen LogP contribution in [0, 0.1) is 0 Å². The molecule has 1 aliphatic rings. The van der Waals surface area contributed by atoms with E-state index in [1.54, 1.807) is 18.9 Å². The lowest BCUT2D eigenvalue weighted by Gasteiger charge is -2.30. The van der Waals surface area contributed by atoms with Crippen LogP contribution in [0.4, 0.5) is 13.2 Å². The first-order valence-corrected chi connectivity index (χ1v) is 6.46. The number of hydrogen-bond donors (Lipinski definition) is 1. The second-order valence-corrected chi connectivity index (χ2v) is 4.94.